The van der Waals surface area contributed by atoms with Crippen LogP contribution in [0.1, 0.15) is 51.0 Å². The molecule has 0 amide bonds. The van der Waals surface area contributed by atoms with Crippen LogP contribution in [0.25, 0.3) is 0 Å². The average molecular weight is 438 g/mol. The van der Waals surface area contributed by atoms with E-state index in [1.165, 1.54) is 5.56 Å². The Morgan fingerprint density at radius 2 is 2.06 bits per heavy atom. The molecule has 0 bridgehead atoms. The van der Waals surface area contributed by atoms with Crippen LogP contribution in [0.4, 0.5) is 11.6 Å². The molecule has 32 heavy (non-hydrogen) atoms. The third-order valence-corrected chi connectivity index (χ3v) is 6.43. The largest absolute Gasteiger partial charge is 0.489 e. The Hall–Kier alpha value is -2.60. The molecule has 0 spiro atoms. The van der Waals surface area contributed by atoms with Crippen molar-refractivity contribution in [3.05, 3.63) is 48.0 Å². The van der Waals surface area contributed by atoms with E-state index < -0.39 is 0 Å². The van der Waals surface area contributed by atoms with E-state index in [9.17, 15) is 4.79 Å². The normalized spacial score (nSPS) is 21.5. The number of Topliss-reactive ketones (excluding diaryl/α,β-unsaturated/α-hetero) is 1. The minimum atomic E-state index is 0.144. The van der Waals surface area contributed by atoms with Crippen molar-refractivity contribution in [2.75, 3.05) is 43.1 Å². The molecule has 0 unspecified atom stereocenters. The molecule has 1 aromatic carbocycles. The molecule has 2 aliphatic rings. The van der Waals surface area contributed by atoms with Gasteiger partial charge in [-0.25, -0.2) is 4.98 Å². The first kappa shape index (κ1) is 22.6. The Morgan fingerprint density at radius 1 is 1.25 bits per heavy atom. The third-order valence-electron chi connectivity index (χ3n) is 6.43. The van der Waals surface area contributed by atoms with E-state index in [2.05, 4.69) is 54.1 Å². The van der Waals surface area contributed by atoms with Crippen LogP contribution in [0.15, 0.2) is 42.5 Å². The summed E-state index contributed by atoms with van der Waals surface area (Å²) >= 11 is 0. The first-order valence-electron chi connectivity index (χ1n) is 11.8. The van der Waals surface area contributed by atoms with Gasteiger partial charge in [-0.3, -0.25) is 0 Å². The second-order valence-electron chi connectivity index (χ2n) is 9.22. The summed E-state index contributed by atoms with van der Waals surface area (Å²) in [5, 5.41) is 0. The van der Waals surface area contributed by atoms with Crippen LogP contribution in [-0.4, -0.2) is 56.3 Å². The van der Waals surface area contributed by atoms with Gasteiger partial charge < -0.3 is 24.1 Å². The molecule has 0 radical (unpaired) electrons. The lowest BCUT2D eigenvalue weighted by atomic mass is 9.96. The van der Waals surface area contributed by atoms with Gasteiger partial charge >= 0.3 is 0 Å². The minimum Gasteiger partial charge on any atom is -0.489 e. The third kappa shape index (κ3) is 5.80. The number of likely N-dealkylation sites (N-methyl/N-ethyl adjacent to an activating group) is 1. The van der Waals surface area contributed by atoms with Crippen LogP contribution in [0.5, 0.6) is 5.75 Å². The maximum absolute atomic E-state index is 11.4. The Labute approximate surface area is 191 Å². The molecule has 6 nitrogen and oxygen atoms in total. The predicted octanol–water partition coefficient (Wildman–Crippen LogP) is 4.44. The van der Waals surface area contributed by atoms with Gasteiger partial charge in [-0.15, -0.1) is 0 Å². The van der Waals surface area contributed by atoms with Crippen molar-refractivity contribution in [2.24, 2.45) is 0 Å². The Balaban J connectivity index is 1.32. The van der Waals surface area contributed by atoms with Gasteiger partial charge in [0.1, 0.15) is 29.3 Å². The highest BCUT2D eigenvalue weighted by molar-refractivity contribution is 5.76. The number of pyridine rings is 1. The summed E-state index contributed by atoms with van der Waals surface area (Å²) in [6.07, 6.45) is 4.29. The second-order valence-corrected chi connectivity index (χ2v) is 9.22. The lowest BCUT2D eigenvalue weighted by molar-refractivity contribution is -0.117. The van der Waals surface area contributed by atoms with Gasteiger partial charge in [0, 0.05) is 39.6 Å². The smallest absolute Gasteiger partial charge is 0.131 e. The fraction of sp³-hybridized carbons (Fsp3) is 0.538. The van der Waals surface area contributed by atoms with Gasteiger partial charge in [-0.2, -0.15) is 0 Å². The van der Waals surface area contributed by atoms with E-state index in [1.807, 2.05) is 12.1 Å². The molecular formula is C26H35N3O3. The molecule has 2 fully saturated rings. The van der Waals surface area contributed by atoms with Crippen LogP contribution in [0.3, 0.4) is 0 Å². The minimum absolute atomic E-state index is 0.144. The molecule has 3 heterocycles. The van der Waals surface area contributed by atoms with E-state index in [1.54, 1.807) is 6.92 Å². The van der Waals surface area contributed by atoms with Crippen molar-refractivity contribution in [1.82, 2.24) is 4.98 Å². The number of nitrogens with zero attached hydrogens (tertiary/aromatic N) is 3. The molecule has 3 atom stereocenters. The molecule has 4 rings (SSSR count). The van der Waals surface area contributed by atoms with E-state index in [0.29, 0.717) is 12.5 Å². The van der Waals surface area contributed by atoms with Gasteiger partial charge in [0.2, 0.25) is 0 Å². The van der Waals surface area contributed by atoms with Crippen LogP contribution in [0, 0.1) is 0 Å². The molecule has 0 aliphatic carbocycles. The average Bonchev–Trinajstić information content (AvgIpc) is 3.46. The number of rotatable bonds is 9. The molecular weight excluding hydrogens is 402 g/mol. The first-order valence-corrected chi connectivity index (χ1v) is 11.8. The number of anilines is 2. The summed E-state index contributed by atoms with van der Waals surface area (Å²) < 4.78 is 12.0. The van der Waals surface area contributed by atoms with E-state index in [-0.39, 0.29) is 17.8 Å². The maximum atomic E-state index is 11.4. The maximum Gasteiger partial charge on any atom is 0.131 e. The molecule has 1 aromatic heterocycles. The number of benzene rings is 1. The molecule has 2 saturated heterocycles. The lowest BCUT2D eigenvalue weighted by Gasteiger charge is -2.24. The van der Waals surface area contributed by atoms with Crippen molar-refractivity contribution < 1.29 is 14.3 Å². The van der Waals surface area contributed by atoms with E-state index in [0.717, 1.165) is 62.9 Å². The van der Waals surface area contributed by atoms with Crippen molar-refractivity contribution in [2.45, 2.75) is 57.7 Å². The number of carbonyl (C=O) groups excluding carboxylic acids is 1. The zero-order valence-corrected chi connectivity index (χ0v) is 19.5. The number of carbonyl (C=O) groups is 1. The highest BCUT2D eigenvalue weighted by Gasteiger charge is 2.26. The number of hydrogen-bond donors (Lipinski definition) is 0. The highest BCUT2D eigenvalue weighted by atomic mass is 16.5. The van der Waals surface area contributed by atoms with Crippen LogP contribution in [-0.2, 0) is 9.53 Å². The molecule has 0 N–H and O–H groups in total. The van der Waals surface area contributed by atoms with Crippen molar-refractivity contribution in [3.63, 3.8) is 0 Å². The van der Waals surface area contributed by atoms with Crippen LogP contribution >= 0.6 is 0 Å². The highest BCUT2D eigenvalue weighted by Crippen LogP contribution is 2.26. The van der Waals surface area contributed by atoms with Gasteiger partial charge in [0.15, 0.2) is 0 Å². The van der Waals surface area contributed by atoms with Crippen molar-refractivity contribution in [3.8, 4) is 5.75 Å². The fourth-order valence-corrected chi connectivity index (χ4v) is 4.64. The van der Waals surface area contributed by atoms with Gasteiger partial charge in [0.05, 0.1) is 12.6 Å². The quantitative estimate of drug-likeness (QED) is 0.578. The van der Waals surface area contributed by atoms with E-state index >= 15 is 0 Å². The monoisotopic (exact) mass is 437 g/mol. The standard InChI is InChI=1S/C26H35N3O3/c1-19(16-20(2)30)21-9-11-22(12-10-21)32-24-13-14-29(18-24)26-8-4-7-25(27-26)28(3)17-23-6-5-15-31-23/h4,7-12,19,23-24H,5-6,13-18H2,1-3H3/t19-,23-,24-/m1/s1. The second kappa shape index (κ2) is 10.3. The van der Waals surface area contributed by atoms with Crippen LogP contribution in [0.2, 0.25) is 0 Å². The van der Waals surface area contributed by atoms with Gasteiger partial charge in [-0.1, -0.05) is 25.1 Å². The zero-order valence-electron chi connectivity index (χ0n) is 19.5. The molecule has 6 heteroatoms. The molecule has 0 saturated carbocycles. The van der Waals surface area contributed by atoms with E-state index in [4.69, 9.17) is 14.5 Å². The lowest BCUT2D eigenvalue weighted by Crippen LogP contribution is -2.30. The summed E-state index contributed by atoms with van der Waals surface area (Å²) in [6, 6.07) is 14.4. The Bertz CT molecular complexity index is 895. The Kier molecular flexibility index (Phi) is 7.30. The molecule has 2 aromatic rings. The summed E-state index contributed by atoms with van der Waals surface area (Å²) in [7, 11) is 2.09. The number of hydrogen-bond acceptors (Lipinski definition) is 6. The zero-order chi connectivity index (χ0) is 22.5. The SMILES string of the molecule is CC(=O)C[C@@H](C)c1ccc(O[C@@H]2CCN(c3cccc(N(C)C[C@H]4CCCO4)n3)C2)cc1. The van der Waals surface area contributed by atoms with Gasteiger partial charge in [0.25, 0.3) is 0 Å². The topological polar surface area (TPSA) is 54.9 Å². The summed E-state index contributed by atoms with van der Waals surface area (Å²) in [6.45, 7) is 7.25. The van der Waals surface area contributed by atoms with Crippen molar-refractivity contribution >= 4 is 17.4 Å². The number of aromatic nitrogens is 1. The fourth-order valence-electron chi connectivity index (χ4n) is 4.64. The van der Waals surface area contributed by atoms with Crippen LogP contribution < -0.4 is 14.5 Å². The predicted molar refractivity (Wildman–Crippen MR) is 128 cm³/mol. The summed E-state index contributed by atoms with van der Waals surface area (Å²) in [5.41, 5.74) is 1.17. The Morgan fingerprint density at radius 3 is 2.78 bits per heavy atom. The van der Waals surface area contributed by atoms with Crippen molar-refractivity contribution in [1.29, 1.82) is 0 Å². The number of ether oxygens (including phenoxy) is 2. The summed E-state index contributed by atoms with van der Waals surface area (Å²) in [4.78, 5) is 20.8. The number of ketones is 1. The molecule has 2 aliphatic heterocycles. The first-order chi connectivity index (χ1) is 15.5. The summed E-state index contributed by atoms with van der Waals surface area (Å²) in [5.74, 6) is 3.33. The van der Waals surface area contributed by atoms with Gasteiger partial charge in [-0.05, 0) is 55.5 Å². The molecule has 172 valence electrons.